The van der Waals surface area contributed by atoms with Crippen molar-refractivity contribution in [2.24, 2.45) is 11.7 Å². The molecule has 1 aromatic rings. The van der Waals surface area contributed by atoms with Crippen LogP contribution < -0.4 is 5.73 Å². The molecule has 4 heteroatoms. The third-order valence-corrected chi connectivity index (χ3v) is 3.21. The van der Waals surface area contributed by atoms with E-state index < -0.39 is 0 Å². The lowest BCUT2D eigenvalue weighted by Gasteiger charge is -2.09. The van der Waals surface area contributed by atoms with Crippen molar-refractivity contribution in [1.29, 1.82) is 0 Å². The van der Waals surface area contributed by atoms with E-state index in [-0.39, 0.29) is 17.7 Å². The van der Waals surface area contributed by atoms with E-state index in [0.717, 1.165) is 0 Å². The Bertz CT molecular complexity index is 456. The van der Waals surface area contributed by atoms with Crippen LogP contribution in [0.4, 0.5) is 0 Å². The lowest BCUT2D eigenvalue weighted by molar-refractivity contribution is 0.0943. The molecule has 2 nitrogen and oxygen atoms in total. The minimum absolute atomic E-state index is 0.0169. The van der Waals surface area contributed by atoms with Gasteiger partial charge in [-0.25, -0.2) is 0 Å². The molecule has 0 aromatic heterocycles. The molecule has 1 aliphatic carbocycles. The van der Waals surface area contributed by atoms with Crippen molar-refractivity contribution in [3.63, 3.8) is 0 Å². The fourth-order valence-electron chi connectivity index (χ4n) is 1.81. The third kappa shape index (κ3) is 2.29. The van der Waals surface area contributed by atoms with E-state index in [1.54, 1.807) is 18.2 Å². The summed E-state index contributed by atoms with van der Waals surface area (Å²) >= 11 is 11.8. The highest BCUT2D eigenvalue weighted by atomic mass is 35.5. The lowest BCUT2D eigenvalue weighted by atomic mass is 9.96. The van der Waals surface area contributed by atoms with Gasteiger partial charge in [-0.05, 0) is 24.6 Å². The van der Waals surface area contributed by atoms with E-state index in [9.17, 15) is 4.79 Å². The lowest BCUT2D eigenvalue weighted by Crippen LogP contribution is -2.19. The predicted molar refractivity (Wildman–Crippen MR) is 66.0 cm³/mol. The molecule has 0 saturated heterocycles. The average molecular weight is 256 g/mol. The first kappa shape index (κ1) is 11.6. The summed E-state index contributed by atoms with van der Waals surface area (Å²) in [6, 6.07) is 4.86. The highest BCUT2D eigenvalue weighted by molar-refractivity contribution is 6.36. The van der Waals surface area contributed by atoms with E-state index in [2.05, 4.69) is 0 Å². The average Bonchev–Trinajstić information content (AvgIpc) is 2.67. The number of benzene rings is 1. The van der Waals surface area contributed by atoms with Gasteiger partial charge in [-0.1, -0.05) is 35.4 Å². The van der Waals surface area contributed by atoms with Crippen LogP contribution in [0.3, 0.4) is 0 Å². The smallest absolute Gasteiger partial charge is 0.171 e. The topological polar surface area (TPSA) is 43.1 Å². The Morgan fingerprint density at radius 1 is 1.31 bits per heavy atom. The van der Waals surface area contributed by atoms with Gasteiger partial charge in [0.05, 0.1) is 5.02 Å². The van der Waals surface area contributed by atoms with Gasteiger partial charge >= 0.3 is 0 Å². The molecule has 0 radical (unpaired) electrons. The van der Waals surface area contributed by atoms with Crippen molar-refractivity contribution in [3.05, 3.63) is 46.0 Å². The molecule has 1 aromatic carbocycles. The Morgan fingerprint density at radius 3 is 2.69 bits per heavy atom. The van der Waals surface area contributed by atoms with Crippen molar-refractivity contribution >= 4 is 29.0 Å². The summed E-state index contributed by atoms with van der Waals surface area (Å²) < 4.78 is 0. The zero-order valence-electron chi connectivity index (χ0n) is 8.49. The van der Waals surface area contributed by atoms with Crippen molar-refractivity contribution < 1.29 is 4.79 Å². The van der Waals surface area contributed by atoms with E-state index in [1.165, 1.54) is 0 Å². The fraction of sp³-hybridized carbons (Fsp3) is 0.250. The Morgan fingerprint density at radius 2 is 2.06 bits per heavy atom. The Balaban J connectivity index is 2.27. The monoisotopic (exact) mass is 255 g/mol. The third-order valence-electron chi connectivity index (χ3n) is 2.65. The standard InChI is InChI=1S/C12H11Cl2NO/c13-8-2-4-11(14)10(6-8)12(16)7-1-3-9(15)5-7/h1-4,6-7,9H,5,15H2. The molecule has 2 N–H and O–H groups in total. The first-order chi connectivity index (χ1) is 7.58. The summed E-state index contributed by atoms with van der Waals surface area (Å²) in [5, 5.41) is 0.947. The van der Waals surface area contributed by atoms with Crippen LogP contribution >= 0.6 is 23.2 Å². The second-order valence-corrected chi connectivity index (χ2v) is 4.72. The number of halogens is 2. The van der Waals surface area contributed by atoms with Crippen molar-refractivity contribution in [2.45, 2.75) is 12.5 Å². The summed E-state index contributed by atoms with van der Waals surface area (Å²) in [7, 11) is 0. The van der Waals surface area contributed by atoms with Crippen LogP contribution in [-0.2, 0) is 0 Å². The van der Waals surface area contributed by atoms with Gasteiger partial charge in [0.1, 0.15) is 0 Å². The number of Topliss-reactive ketones (excluding diaryl/α,β-unsaturated/α-hetero) is 1. The second kappa shape index (κ2) is 4.58. The molecule has 2 atom stereocenters. The fourth-order valence-corrected chi connectivity index (χ4v) is 2.19. The van der Waals surface area contributed by atoms with Gasteiger partial charge in [0.2, 0.25) is 0 Å². The molecule has 1 aliphatic rings. The molecule has 16 heavy (non-hydrogen) atoms. The number of allylic oxidation sites excluding steroid dienone is 1. The van der Waals surface area contributed by atoms with E-state index in [0.29, 0.717) is 22.0 Å². The molecule has 0 heterocycles. The summed E-state index contributed by atoms with van der Waals surface area (Å²) in [4.78, 5) is 12.1. The number of ketones is 1. The molecule has 0 aliphatic heterocycles. The van der Waals surface area contributed by atoms with Gasteiger partial charge in [-0.3, -0.25) is 4.79 Å². The maximum absolute atomic E-state index is 12.1. The van der Waals surface area contributed by atoms with Gasteiger partial charge < -0.3 is 5.73 Å². The quantitative estimate of drug-likeness (QED) is 0.652. The number of nitrogens with two attached hydrogens (primary N) is 1. The van der Waals surface area contributed by atoms with Crippen LogP contribution in [0.5, 0.6) is 0 Å². The molecule has 2 rings (SSSR count). The maximum atomic E-state index is 12.1. The molecule has 0 fully saturated rings. The number of rotatable bonds is 2. The summed E-state index contributed by atoms with van der Waals surface area (Å²) in [6.07, 6.45) is 4.33. The Hall–Kier alpha value is -0.830. The van der Waals surface area contributed by atoms with Gasteiger partial charge in [0.25, 0.3) is 0 Å². The summed E-state index contributed by atoms with van der Waals surface area (Å²) in [6.45, 7) is 0. The minimum atomic E-state index is -0.175. The predicted octanol–water partition coefficient (Wildman–Crippen LogP) is 3.08. The Labute approximate surface area is 104 Å². The van der Waals surface area contributed by atoms with E-state index >= 15 is 0 Å². The number of hydrogen-bond donors (Lipinski definition) is 1. The summed E-state index contributed by atoms with van der Waals surface area (Å²) in [5.41, 5.74) is 6.18. The first-order valence-corrected chi connectivity index (χ1v) is 5.76. The molecular formula is C12H11Cl2NO. The van der Waals surface area contributed by atoms with Crippen molar-refractivity contribution in [2.75, 3.05) is 0 Å². The van der Waals surface area contributed by atoms with Crippen LogP contribution in [0.15, 0.2) is 30.4 Å². The van der Waals surface area contributed by atoms with Crippen LogP contribution in [0.2, 0.25) is 10.0 Å². The molecule has 84 valence electrons. The van der Waals surface area contributed by atoms with E-state index in [4.69, 9.17) is 28.9 Å². The molecule has 0 saturated carbocycles. The molecule has 2 unspecified atom stereocenters. The molecular weight excluding hydrogens is 245 g/mol. The number of carbonyl (C=O) groups is 1. The molecule has 0 spiro atoms. The molecule has 0 amide bonds. The zero-order valence-corrected chi connectivity index (χ0v) is 10.0. The van der Waals surface area contributed by atoms with Gasteiger partial charge in [-0.2, -0.15) is 0 Å². The van der Waals surface area contributed by atoms with Gasteiger partial charge in [-0.15, -0.1) is 0 Å². The highest BCUT2D eigenvalue weighted by Gasteiger charge is 2.25. The first-order valence-electron chi connectivity index (χ1n) is 5.01. The largest absolute Gasteiger partial charge is 0.324 e. The van der Waals surface area contributed by atoms with Gasteiger partial charge in [0.15, 0.2) is 5.78 Å². The zero-order chi connectivity index (χ0) is 11.7. The summed E-state index contributed by atoms with van der Waals surface area (Å²) in [5.74, 6) is -0.192. The second-order valence-electron chi connectivity index (χ2n) is 3.88. The van der Waals surface area contributed by atoms with Crippen molar-refractivity contribution in [3.8, 4) is 0 Å². The van der Waals surface area contributed by atoms with Crippen LogP contribution in [0.25, 0.3) is 0 Å². The SMILES string of the molecule is NC1C=CC(C(=O)c2cc(Cl)ccc2Cl)C1. The normalized spacial score (nSPS) is 23.7. The maximum Gasteiger partial charge on any atom is 0.171 e. The van der Waals surface area contributed by atoms with Crippen LogP contribution in [-0.4, -0.2) is 11.8 Å². The molecule has 0 bridgehead atoms. The minimum Gasteiger partial charge on any atom is -0.324 e. The van der Waals surface area contributed by atoms with Crippen LogP contribution in [0.1, 0.15) is 16.8 Å². The van der Waals surface area contributed by atoms with E-state index in [1.807, 2.05) is 12.2 Å². The van der Waals surface area contributed by atoms with Crippen molar-refractivity contribution in [1.82, 2.24) is 0 Å². The highest BCUT2D eigenvalue weighted by Crippen LogP contribution is 2.27. The number of hydrogen-bond acceptors (Lipinski definition) is 2. The Kier molecular flexibility index (Phi) is 3.33. The van der Waals surface area contributed by atoms with Gasteiger partial charge in [0, 0.05) is 22.5 Å². The van der Waals surface area contributed by atoms with Crippen LogP contribution in [0, 0.1) is 5.92 Å². The number of carbonyl (C=O) groups excluding carboxylic acids is 1.